The number of carbonyl (C=O) groups is 1. The van der Waals surface area contributed by atoms with E-state index in [4.69, 9.17) is 4.74 Å². The van der Waals surface area contributed by atoms with Crippen molar-refractivity contribution in [1.82, 2.24) is 19.0 Å². The molecule has 0 spiro atoms. The van der Waals surface area contributed by atoms with E-state index in [0.717, 1.165) is 5.69 Å². The first-order valence-corrected chi connectivity index (χ1v) is 11.2. The Balaban J connectivity index is 1.29. The lowest BCUT2D eigenvalue weighted by Gasteiger charge is -2.35. The quantitative estimate of drug-likeness (QED) is 0.567. The summed E-state index contributed by atoms with van der Waals surface area (Å²) in [5, 5.41) is 0. The number of pyridine rings is 1. The molecule has 0 N–H and O–H groups in total. The van der Waals surface area contributed by atoms with E-state index in [-0.39, 0.29) is 28.8 Å². The highest BCUT2D eigenvalue weighted by molar-refractivity contribution is 5.93. The van der Waals surface area contributed by atoms with Gasteiger partial charge in [0.25, 0.3) is 11.5 Å². The van der Waals surface area contributed by atoms with Crippen LogP contribution in [0.2, 0.25) is 0 Å². The molecule has 8 nitrogen and oxygen atoms in total. The van der Waals surface area contributed by atoms with Crippen molar-refractivity contribution < 1.29 is 27.4 Å². The molecule has 6 rings (SSSR count). The van der Waals surface area contributed by atoms with Gasteiger partial charge in [-0.1, -0.05) is 0 Å². The van der Waals surface area contributed by atoms with Crippen LogP contribution in [0.4, 0.5) is 13.2 Å². The number of hydrogen-bond donors (Lipinski definition) is 0. The van der Waals surface area contributed by atoms with Gasteiger partial charge in [-0.05, 0) is 43.7 Å². The van der Waals surface area contributed by atoms with E-state index in [2.05, 4.69) is 9.72 Å². The summed E-state index contributed by atoms with van der Waals surface area (Å²) in [5.74, 6) is 0.0166. The number of alkyl halides is 3. The Bertz CT molecular complexity index is 1410. The molecule has 0 bridgehead atoms. The van der Waals surface area contributed by atoms with Crippen LogP contribution in [0.15, 0.2) is 47.7 Å². The standard InChI is InChI=1S/C24H21F3N4O4/c1-14-10-30(13-28-14)18-3-4-19-21(32)29(6-7-31(19)22(18)33)12-23-9-15(23)11-34-20-5-2-16(8-17(20)23)35-24(25,26)27/h2-5,8,10,13,15H,6-7,9,11-12H2,1H3/t15-,23+/m1/s1. The van der Waals surface area contributed by atoms with Crippen molar-refractivity contribution in [3.05, 3.63) is 70.2 Å². The first-order valence-electron chi connectivity index (χ1n) is 11.2. The van der Waals surface area contributed by atoms with E-state index in [9.17, 15) is 22.8 Å². The van der Waals surface area contributed by atoms with Crippen molar-refractivity contribution in [1.29, 1.82) is 0 Å². The second-order valence-electron chi connectivity index (χ2n) is 9.28. The van der Waals surface area contributed by atoms with Gasteiger partial charge in [-0.3, -0.25) is 9.59 Å². The van der Waals surface area contributed by atoms with E-state index in [0.29, 0.717) is 49.7 Å². The smallest absolute Gasteiger partial charge is 0.493 e. The zero-order chi connectivity index (χ0) is 24.5. The minimum absolute atomic E-state index is 0.0971. The van der Waals surface area contributed by atoms with Crippen LogP contribution in [-0.4, -0.2) is 51.0 Å². The first-order chi connectivity index (χ1) is 16.6. The summed E-state index contributed by atoms with van der Waals surface area (Å²) in [7, 11) is 0. The summed E-state index contributed by atoms with van der Waals surface area (Å²) in [6.45, 7) is 3.24. The van der Waals surface area contributed by atoms with E-state index < -0.39 is 11.8 Å². The Labute approximate surface area is 197 Å². The highest BCUT2D eigenvalue weighted by atomic mass is 19.4. The van der Waals surface area contributed by atoms with Crippen molar-refractivity contribution in [2.24, 2.45) is 5.92 Å². The molecule has 4 heterocycles. The fourth-order valence-corrected chi connectivity index (χ4v) is 5.32. The molecule has 2 aliphatic heterocycles. The van der Waals surface area contributed by atoms with Gasteiger partial charge in [0.2, 0.25) is 0 Å². The molecule has 3 aromatic rings. The van der Waals surface area contributed by atoms with Crippen molar-refractivity contribution in [3.8, 4) is 17.2 Å². The number of amides is 1. The van der Waals surface area contributed by atoms with Gasteiger partial charge in [-0.25, -0.2) is 4.98 Å². The van der Waals surface area contributed by atoms with Gasteiger partial charge in [0, 0.05) is 42.7 Å². The van der Waals surface area contributed by atoms with Crippen LogP contribution in [0.1, 0.15) is 28.2 Å². The third kappa shape index (κ3) is 3.57. The Morgan fingerprint density at radius 1 is 1.20 bits per heavy atom. The van der Waals surface area contributed by atoms with Crippen LogP contribution in [-0.2, 0) is 12.0 Å². The van der Waals surface area contributed by atoms with Gasteiger partial charge in [0.1, 0.15) is 22.9 Å². The van der Waals surface area contributed by atoms with Gasteiger partial charge < -0.3 is 23.5 Å². The first kappa shape index (κ1) is 21.8. The summed E-state index contributed by atoms with van der Waals surface area (Å²) in [6, 6.07) is 7.33. The molecule has 182 valence electrons. The lowest BCUT2D eigenvalue weighted by atomic mass is 9.89. The molecule has 0 radical (unpaired) electrons. The number of aromatic nitrogens is 3. The van der Waals surface area contributed by atoms with E-state index in [1.54, 1.807) is 34.1 Å². The van der Waals surface area contributed by atoms with Gasteiger partial charge in [-0.15, -0.1) is 13.2 Å². The number of fused-ring (bicyclic) bond motifs is 4. The molecular formula is C24H21F3N4O4. The molecule has 1 aromatic carbocycles. The molecule has 0 unspecified atom stereocenters. The van der Waals surface area contributed by atoms with Gasteiger partial charge in [0.15, 0.2) is 0 Å². The summed E-state index contributed by atoms with van der Waals surface area (Å²) in [5.41, 5.74) is 1.32. The van der Waals surface area contributed by atoms with Crippen LogP contribution in [0.5, 0.6) is 11.5 Å². The number of ether oxygens (including phenoxy) is 2. The molecule has 35 heavy (non-hydrogen) atoms. The van der Waals surface area contributed by atoms with Crippen LogP contribution >= 0.6 is 0 Å². The van der Waals surface area contributed by atoms with E-state index in [1.165, 1.54) is 22.8 Å². The number of halogens is 3. The Hall–Kier alpha value is -3.76. The third-order valence-electron chi connectivity index (χ3n) is 7.11. The van der Waals surface area contributed by atoms with E-state index >= 15 is 0 Å². The average molecular weight is 486 g/mol. The lowest BCUT2D eigenvalue weighted by Crippen LogP contribution is -2.48. The monoisotopic (exact) mass is 486 g/mol. The third-order valence-corrected chi connectivity index (χ3v) is 7.11. The topological polar surface area (TPSA) is 78.6 Å². The number of nitrogens with zero attached hydrogens (tertiary/aromatic N) is 4. The number of benzene rings is 1. The van der Waals surface area contributed by atoms with Crippen LogP contribution in [0.3, 0.4) is 0 Å². The second-order valence-corrected chi connectivity index (χ2v) is 9.28. The maximum absolute atomic E-state index is 13.4. The highest BCUT2D eigenvalue weighted by Gasteiger charge is 2.60. The molecule has 3 aliphatic rings. The maximum Gasteiger partial charge on any atom is 0.573 e. The summed E-state index contributed by atoms with van der Waals surface area (Å²) < 4.78 is 51.3. The Morgan fingerprint density at radius 2 is 2.03 bits per heavy atom. The van der Waals surface area contributed by atoms with Gasteiger partial charge >= 0.3 is 6.36 Å². The minimum atomic E-state index is -4.80. The molecule has 2 atom stereocenters. The summed E-state index contributed by atoms with van der Waals surface area (Å²) in [4.78, 5) is 32.3. The van der Waals surface area contributed by atoms with Crippen LogP contribution in [0.25, 0.3) is 5.69 Å². The van der Waals surface area contributed by atoms with Crippen molar-refractivity contribution in [3.63, 3.8) is 0 Å². The minimum Gasteiger partial charge on any atom is -0.493 e. The summed E-state index contributed by atoms with van der Waals surface area (Å²) >= 11 is 0. The summed E-state index contributed by atoms with van der Waals surface area (Å²) in [6.07, 6.45) is -0.799. The van der Waals surface area contributed by atoms with Crippen molar-refractivity contribution >= 4 is 5.91 Å². The molecule has 1 saturated carbocycles. The molecule has 11 heteroatoms. The fourth-order valence-electron chi connectivity index (χ4n) is 5.32. The Morgan fingerprint density at radius 3 is 2.77 bits per heavy atom. The van der Waals surface area contributed by atoms with Gasteiger partial charge in [0.05, 0.1) is 18.6 Å². The lowest BCUT2D eigenvalue weighted by molar-refractivity contribution is -0.274. The SMILES string of the molecule is Cc1cn(-c2ccc3n(c2=O)CCN(C[C@@]24C[C@@H]2COc2ccc(OC(F)(F)F)cc24)C3=O)cn1. The normalized spacial score (nSPS) is 22.7. The Kier molecular flexibility index (Phi) is 4.58. The molecular weight excluding hydrogens is 465 g/mol. The molecule has 1 fully saturated rings. The largest absolute Gasteiger partial charge is 0.573 e. The molecule has 2 aromatic heterocycles. The average Bonchev–Trinajstić information content (AvgIpc) is 3.37. The van der Waals surface area contributed by atoms with Crippen molar-refractivity contribution in [2.45, 2.75) is 31.7 Å². The molecule has 1 aliphatic carbocycles. The predicted molar refractivity (Wildman–Crippen MR) is 117 cm³/mol. The van der Waals surface area contributed by atoms with Crippen LogP contribution in [0, 0.1) is 12.8 Å². The molecule has 0 saturated heterocycles. The van der Waals surface area contributed by atoms with Gasteiger partial charge in [-0.2, -0.15) is 0 Å². The number of hydrogen-bond acceptors (Lipinski definition) is 5. The second kappa shape index (κ2) is 7.37. The number of imidazole rings is 1. The fraction of sp³-hybridized carbons (Fsp3) is 0.375. The number of aryl methyl sites for hydroxylation is 1. The highest BCUT2D eigenvalue weighted by Crippen LogP contribution is 2.60. The van der Waals surface area contributed by atoms with E-state index in [1.807, 2.05) is 6.92 Å². The molecule has 1 amide bonds. The predicted octanol–water partition coefficient (Wildman–Crippen LogP) is 3.05. The van der Waals surface area contributed by atoms with Crippen LogP contribution < -0.4 is 15.0 Å². The maximum atomic E-state index is 13.4. The number of carbonyl (C=O) groups excluding carboxylic acids is 1. The zero-order valence-electron chi connectivity index (χ0n) is 18.7. The van der Waals surface area contributed by atoms with Crippen molar-refractivity contribution in [2.75, 3.05) is 19.7 Å². The number of rotatable bonds is 4. The zero-order valence-corrected chi connectivity index (χ0v) is 18.7.